The molecule has 4 rings (SSSR count). The van der Waals surface area contributed by atoms with Crippen LogP contribution in [0.3, 0.4) is 0 Å². The van der Waals surface area contributed by atoms with Gasteiger partial charge < -0.3 is 44.0 Å². The van der Waals surface area contributed by atoms with Crippen molar-refractivity contribution < 1.29 is 47.2 Å². The van der Waals surface area contributed by atoms with Crippen LogP contribution in [0.15, 0.2) is 47.9 Å². The summed E-state index contributed by atoms with van der Waals surface area (Å²) in [5.41, 5.74) is -0.182. The number of ether oxygens (including phenoxy) is 6. The number of halogens is 1. The lowest BCUT2D eigenvalue weighted by Crippen LogP contribution is -2.51. The van der Waals surface area contributed by atoms with E-state index in [1.54, 1.807) is 50.2 Å². The quantitative estimate of drug-likeness (QED) is 0.157. The molecule has 0 spiro atoms. The summed E-state index contributed by atoms with van der Waals surface area (Å²) in [7, 11) is 4.38. The number of hydrogen-bond donors (Lipinski definition) is 2. The Balaban J connectivity index is 1.70. The number of amides is 3. The van der Waals surface area contributed by atoms with Crippen LogP contribution in [0.4, 0.5) is 19.7 Å². The van der Waals surface area contributed by atoms with Crippen LogP contribution in [0.1, 0.15) is 72.8 Å². The highest BCUT2D eigenvalue weighted by atomic mass is 32.1. The van der Waals surface area contributed by atoms with Crippen LogP contribution in [-0.4, -0.2) is 102 Å². The zero-order valence-electron chi connectivity index (χ0n) is 33.2. The summed E-state index contributed by atoms with van der Waals surface area (Å²) in [5, 5.41) is 6.42. The third kappa shape index (κ3) is 11.7. The van der Waals surface area contributed by atoms with Crippen molar-refractivity contribution in [1.29, 1.82) is 0 Å². The summed E-state index contributed by atoms with van der Waals surface area (Å²) in [6, 6.07) is 5.88. The second kappa shape index (κ2) is 18.9. The minimum atomic E-state index is -0.889. The number of methoxy groups -OCH3 is 3. The molecule has 0 saturated carbocycles. The summed E-state index contributed by atoms with van der Waals surface area (Å²) in [5.74, 6) is -1.45. The molecule has 302 valence electrons. The molecule has 2 aromatic rings. The minimum absolute atomic E-state index is 0.00899. The maximum absolute atomic E-state index is 14.7. The number of hydrogen-bond acceptors (Lipinski definition) is 12. The molecule has 55 heavy (non-hydrogen) atoms. The number of thiocarbonyl (C=S) groups is 1. The van der Waals surface area contributed by atoms with E-state index >= 15 is 0 Å². The molecule has 2 N–H and O–H groups in total. The number of pyridine rings is 1. The van der Waals surface area contributed by atoms with Gasteiger partial charge in [-0.05, 0) is 85.4 Å². The van der Waals surface area contributed by atoms with Gasteiger partial charge in [-0.25, -0.2) is 18.9 Å². The Bertz CT molecular complexity index is 1720. The number of carbonyl (C=O) groups is 3. The zero-order chi connectivity index (χ0) is 40.5. The van der Waals surface area contributed by atoms with E-state index in [0.717, 1.165) is 17.7 Å². The highest BCUT2D eigenvalue weighted by Gasteiger charge is 2.41. The monoisotopic (exact) mass is 787 g/mol. The molecule has 3 amide bonds. The van der Waals surface area contributed by atoms with Gasteiger partial charge in [0, 0.05) is 57.2 Å². The van der Waals surface area contributed by atoms with Gasteiger partial charge in [-0.2, -0.15) is 0 Å². The van der Waals surface area contributed by atoms with Gasteiger partial charge in [0.1, 0.15) is 28.5 Å². The van der Waals surface area contributed by atoms with E-state index in [1.165, 1.54) is 33.5 Å². The molecule has 1 aromatic heterocycles. The van der Waals surface area contributed by atoms with Crippen LogP contribution < -0.4 is 20.1 Å². The first-order valence-electron chi connectivity index (χ1n) is 18.2. The number of aromatic nitrogens is 1. The van der Waals surface area contributed by atoms with Gasteiger partial charge in [0.2, 0.25) is 0 Å². The number of rotatable bonds is 14. The Hall–Kier alpha value is -4.54. The van der Waals surface area contributed by atoms with Crippen molar-refractivity contribution in [2.24, 2.45) is 5.92 Å². The molecule has 2 atom stereocenters. The second-order valence-corrected chi connectivity index (χ2v) is 15.7. The summed E-state index contributed by atoms with van der Waals surface area (Å²) in [6.07, 6.45) is 3.82. The van der Waals surface area contributed by atoms with E-state index < -0.39 is 41.2 Å². The molecule has 0 aliphatic carbocycles. The molecule has 2 aliphatic rings. The van der Waals surface area contributed by atoms with Crippen molar-refractivity contribution in [3.8, 4) is 11.5 Å². The van der Waals surface area contributed by atoms with Gasteiger partial charge in [-0.1, -0.05) is 18.3 Å². The largest absolute Gasteiger partial charge is 0.492 e. The number of anilines is 1. The lowest BCUT2D eigenvalue weighted by atomic mass is 9.90. The van der Waals surface area contributed by atoms with Gasteiger partial charge in [0.05, 0.1) is 30.6 Å². The van der Waals surface area contributed by atoms with Crippen LogP contribution >= 0.6 is 12.2 Å². The van der Waals surface area contributed by atoms with Gasteiger partial charge in [-0.15, -0.1) is 0 Å². The molecule has 14 nitrogen and oxygen atoms in total. The molecule has 1 aromatic carbocycles. The van der Waals surface area contributed by atoms with E-state index in [1.807, 2.05) is 20.8 Å². The van der Waals surface area contributed by atoms with E-state index in [-0.39, 0.29) is 53.8 Å². The fourth-order valence-corrected chi connectivity index (χ4v) is 6.62. The van der Waals surface area contributed by atoms with Crippen molar-refractivity contribution in [3.05, 3.63) is 59.3 Å². The van der Waals surface area contributed by atoms with E-state index in [9.17, 15) is 18.8 Å². The number of para-hydroxylation sites is 1. The smallest absolute Gasteiger partial charge is 0.417 e. The van der Waals surface area contributed by atoms with E-state index in [0.29, 0.717) is 36.4 Å². The first-order valence-corrected chi connectivity index (χ1v) is 18.6. The normalized spacial score (nSPS) is 17.7. The highest BCUT2D eigenvalue weighted by Crippen LogP contribution is 2.33. The Morgan fingerprint density at radius 1 is 1.04 bits per heavy atom. The van der Waals surface area contributed by atoms with Crippen LogP contribution in [0.25, 0.3) is 0 Å². The van der Waals surface area contributed by atoms with Gasteiger partial charge in [0.25, 0.3) is 5.91 Å². The molecule has 1 saturated heterocycles. The summed E-state index contributed by atoms with van der Waals surface area (Å²) in [6.45, 7) is 11.5. The lowest BCUT2D eigenvalue weighted by Gasteiger charge is -2.37. The third-order valence-electron chi connectivity index (χ3n) is 8.85. The predicted octanol–water partition coefficient (Wildman–Crippen LogP) is 6.58. The van der Waals surface area contributed by atoms with Crippen LogP contribution in [-0.2, 0) is 30.3 Å². The number of likely N-dealkylation sites (tertiary alicyclic amines) is 1. The van der Waals surface area contributed by atoms with Crippen molar-refractivity contribution in [3.63, 3.8) is 0 Å². The Morgan fingerprint density at radius 2 is 1.73 bits per heavy atom. The molecule has 3 heterocycles. The fraction of sp³-hybridized carbons (Fsp3) is 0.564. The maximum atomic E-state index is 14.7. The summed E-state index contributed by atoms with van der Waals surface area (Å²) >= 11 is 5.86. The molecule has 16 heteroatoms. The third-order valence-corrected chi connectivity index (χ3v) is 9.16. The van der Waals surface area contributed by atoms with Crippen molar-refractivity contribution >= 4 is 41.0 Å². The SMILES string of the molecule is COc1c(F)cccc1NC(=S)C1=C(NCc2ccncc2OC[C@H]2CCCN2C(=O)OC(C)(C)C)C(CCC(OC)OC)CN(C(=O)OC(C)(C)C)C1=O. The number of nitrogens with one attached hydrogen (secondary N) is 2. The number of carbonyl (C=O) groups excluding carboxylic acids is 3. The first kappa shape index (κ1) is 43.2. The second-order valence-electron chi connectivity index (χ2n) is 15.3. The Labute approximate surface area is 328 Å². The Morgan fingerprint density at radius 3 is 2.38 bits per heavy atom. The van der Waals surface area contributed by atoms with Crippen LogP contribution in [0.2, 0.25) is 0 Å². The van der Waals surface area contributed by atoms with Crippen molar-refractivity contribution in [2.45, 2.75) is 97.3 Å². The van der Waals surface area contributed by atoms with Crippen molar-refractivity contribution in [1.82, 2.24) is 20.1 Å². The summed E-state index contributed by atoms with van der Waals surface area (Å²) in [4.78, 5) is 47.8. The molecule has 0 bridgehead atoms. The van der Waals surface area contributed by atoms with Crippen molar-refractivity contribution in [2.75, 3.05) is 46.3 Å². The number of nitrogens with zero attached hydrogens (tertiary/aromatic N) is 3. The Kier molecular flexibility index (Phi) is 14.8. The molecule has 0 radical (unpaired) electrons. The van der Waals surface area contributed by atoms with Crippen LogP contribution in [0.5, 0.6) is 11.5 Å². The van der Waals surface area contributed by atoms with Gasteiger partial charge >= 0.3 is 12.2 Å². The van der Waals surface area contributed by atoms with Crippen LogP contribution in [0, 0.1) is 11.7 Å². The maximum Gasteiger partial charge on any atom is 0.417 e. The first-order chi connectivity index (χ1) is 26.0. The fourth-order valence-electron chi connectivity index (χ4n) is 6.31. The summed E-state index contributed by atoms with van der Waals surface area (Å²) < 4.78 is 48.5. The zero-order valence-corrected chi connectivity index (χ0v) is 34.0. The van der Waals surface area contributed by atoms with E-state index in [2.05, 4.69) is 15.6 Å². The van der Waals surface area contributed by atoms with Gasteiger partial charge in [0.15, 0.2) is 17.9 Å². The molecular weight excluding hydrogens is 734 g/mol. The van der Waals surface area contributed by atoms with E-state index in [4.69, 9.17) is 40.6 Å². The minimum Gasteiger partial charge on any atom is -0.492 e. The molecule has 2 aliphatic heterocycles. The number of imide groups is 1. The lowest BCUT2D eigenvalue weighted by molar-refractivity contribution is -0.127. The average molecular weight is 788 g/mol. The topological polar surface area (TPSA) is 150 Å². The molecular formula is C39H54FN5O9S. The number of benzene rings is 1. The standard InChI is InChI=1S/C39H54FN5O9S/c1-38(2,3)53-36(47)44-19-11-12-26(44)23-52-29-21-41-18-17-24(29)20-42-32-25(15-16-30(49-7)50-8)22-45(37(48)54-39(4,5)6)35(46)31(32)34(55)43-28-14-10-13-27(40)33(28)51-9/h10,13-14,17-18,21,25-26,30,42H,11-12,15-16,19-20,22-23H2,1-9H3,(H,43,55)/t25?,26-/m1/s1. The average Bonchev–Trinajstić information content (AvgIpc) is 3.58. The molecule has 1 unspecified atom stereocenters. The molecule has 1 fully saturated rings. The highest BCUT2D eigenvalue weighted by molar-refractivity contribution is 7.81. The van der Waals surface area contributed by atoms with Gasteiger partial charge in [-0.3, -0.25) is 9.78 Å². The predicted molar refractivity (Wildman–Crippen MR) is 207 cm³/mol.